The molecule has 2 rings (SSSR count). The molecule has 0 radical (unpaired) electrons. The predicted octanol–water partition coefficient (Wildman–Crippen LogP) is 2.37. The molecular weight excluding hydrogens is 210 g/mol. The van der Waals surface area contributed by atoms with E-state index in [0.717, 1.165) is 11.6 Å². The van der Waals surface area contributed by atoms with Gasteiger partial charge in [0.1, 0.15) is 0 Å². The summed E-state index contributed by atoms with van der Waals surface area (Å²) in [5, 5.41) is 3.15. The first-order chi connectivity index (χ1) is 7.20. The average molecular weight is 225 g/mol. The van der Waals surface area contributed by atoms with E-state index in [2.05, 4.69) is 11.9 Å². The van der Waals surface area contributed by atoms with Crippen LogP contribution in [0, 0.1) is 5.92 Å². The molecule has 4 heteroatoms. The van der Waals surface area contributed by atoms with Crippen LogP contribution in [0.3, 0.4) is 0 Å². The van der Waals surface area contributed by atoms with Gasteiger partial charge in [0.15, 0.2) is 0 Å². The molecule has 1 fully saturated rings. The highest BCUT2D eigenvalue weighted by atomic mass is 32.1. The van der Waals surface area contributed by atoms with E-state index in [9.17, 15) is 4.79 Å². The van der Waals surface area contributed by atoms with E-state index in [1.54, 1.807) is 11.3 Å². The molecule has 1 aliphatic rings. The van der Waals surface area contributed by atoms with Gasteiger partial charge < -0.3 is 4.74 Å². The fourth-order valence-electron chi connectivity index (χ4n) is 1.60. The van der Waals surface area contributed by atoms with Gasteiger partial charge in [0, 0.05) is 11.3 Å². The summed E-state index contributed by atoms with van der Waals surface area (Å²) < 4.78 is 4.88. The summed E-state index contributed by atoms with van der Waals surface area (Å²) in [5.41, 5.74) is 0.854. The first-order valence-electron chi connectivity index (χ1n) is 5.30. The normalized spacial score (nSPS) is 23.9. The highest BCUT2D eigenvalue weighted by Gasteiger charge is 2.36. The molecule has 0 bridgehead atoms. The third-order valence-electron chi connectivity index (χ3n) is 2.63. The van der Waals surface area contributed by atoms with Crippen LogP contribution >= 0.6 is 11.3 Å². The Morgan fingerprint density at radius 1 is 1.73 bits per heavy atom. The molecule has 0 amide bonds. The maximum atomic E-state index is 11.2. The zero-order valence-electron chi connectivity index (χ0n) is 9.03. The van der Waals surface area contributed by atoms with Gasteiger partial charge in [0.05, 0.1) is 23.7 Å². The summed E-state index contributed by atoms with van der Waals surface area (Å²) in [5.74, 6) is 1.23. The van der Waals surface area contributed by atoms with Gasteiger partial charge >= 0.3 is 5.97 Å². The Hall–Kier alpha value is -0.900. The highest BCUT2D eigenvalue weighted by molar-refractivity contribution is 7.09. The highest BCUT2D eigenvalue weighted by Crippen LogP contribution is 2.47. The summed E-state index contributed by atoms with van der Waals surface area (Å²) >= 11 is 1.67. The monoisotopic (exact) mass is 225 g/mol. The van der Waals surface area contributed by atoms with E-state index in [1.807, 2.05) is 12.3 Å². The third-order valence-corrected chi connectivity index (χ3v) is 3.65. The molecule has 2 unspecified atom stereocenters. The molecule has 0 N–H and O–H groups in total. The molecule has 0 aliphatic heterocycles. The van der Waals surface area contributed by atoms with Gasteiger partial charge in [0.25, 0.3) is 0 Å². The molecule has 0 spiro atoms. The minimum absolute atomic E-state index is 0.182. The topological polar surface area (TPSA) is 39.2 Å². The van der Waals surface area contributed by atoms with Gasteiger partial charge in [0.2, 0.25) is 0 Å². The maximum absolute atomic E-state index is 11.2. The van der Waals surface area contributed by atoms with Gasteiger partial charge in [-0.3, -0.25) is 4.79 Å². The lowest BCUT2D eigenvalue weighted by molar-refractivity contribution is -0.142. The van der Waals surface area contributed by atoms with E-state index in [1.165, 1.54) is 11.4 Å². The number of hydrogen-bond donors (Lipinski definition) is 0. The number of nitrogens with zero attached hydrogens (tertiary/aromatic N) is 1. The largest absolute Gasteiger partial charge is 0.466 e. The van der Waals surface area contributed by atoms with E-state index in [4.69, 9.17) is 4.74 Å². The zero-order chi connectivity index (χ0) is 10.8. The van der Waals surface area contributed by atoms with E-state index in [0.29, 0.717) is 18.9 Å². The lowest BCUT2D eigenvalue weighted by atomic mass is 10.3. The molecule has 3 nitrogen and oxygen atoms in total. The van der Waals surface area contributed by atoms with Crippen LogP contribution < -0.4 is 0 Å². The second kappa shape index (κ2) is 4.31. The van der Waals surface area contributed by atoms with E-state index >= 15 is 0 Å². The van der Waals surface area contributed by atoms with Crippen molar-refractivity contribution in [3.8, 4) is 0 Å². The standard InChI is InChI=1S/C11H15NO2S/c1-3-14-10(13)5-8-6-15-11(12-8)9-4-7(9)2/h6-7,9H,3-5H2,1-2H3. The fraction of sp³-hybridized carbons (Fsp3) is 0.636. The van der Waals surface area contributed by atoms with Crippen molar-refractivity contribution in [2.24, 2.45) is 5.92 Å². The number of thiazole rings is 1. The summed E-state index contributed by atoms with van der Waals surface area (Å²) in [7, 11) is 0. The molecule has 0 saturated heterocycles. The Morgan fingerprint density at radius 2 is 2.47 bits per heavy atom. The molecule has 1 aromatic rings. The Bertz CT molecular complexity index is 361. The van der Waals surface area contributed by atoms with Crippen molar-refractivity contribution < 1.29 is 9.53 Å². The summed E-state index contributed by atoms with van der Waals surface area (Å²) in [6.45, 7) is 4.49. The van der Waals surface area contributed by atoms with Crippen molar-refractivity contribution >= 4 is 17.3 Å². The maximum Gasteiger partial charge on any atom is 0.311 e. The van der Waals surface area contributed by atoms with Crippen molar-refractivity contribution in [1.29, 1.82) is 0 Å². The van der Waals surface area contributed by atoms with E-state index in [-0.39, 0.29) is 5.97 Å². The Balaban J connectivity index is 1.92. The molecule has 82 valence electrons. The minimum Gasteiger partial charge on any atom is -0.466 e. The van der Waals surface area contributed by atoms with Crippen LogP contribution in [0.1, 0.15) is 36.9 Å². The van der Waals surface area contributed by atoms with Crippen molar-refractivity contribution in [2.45, 2.75) is 32.6 Å². The lowest BCUT2D eigenvalue weighted by Crippen LogP contribution is -2.07. The Labute approximate surface area is 93.5 Å². The van der Waals surface area contributed by atoms with Crippen molar-refractivity contribution in [1.82, 2.24) is 4.98 Å². The third kappa shape index (κ3) is 2.56. The van der Waals surface area contributed by atoms with Crippen LogP contribution in [0.2, 0.25) is 0 Å². The summed E-state index contributed by atoms with van der Waals surface area (Å²) in [6.07, 6.45) is 1.55. The SMILES string of the molecule is CCOC(=O)Cc1csc(C2CC2C)n1. The van der Waals surface area contributed by atoms with Crippen LogP contribution in [0.4, 0.5) is 0 Å². The Morgan fingerprint density at radius 3 is 3.07 bits per heavy atom. The lowest BCUT2D eigenvalue weighted by Gasteiger charge is -1.97. The van der Waals surface area contributed by atoms with Gasteiger partial charge in [-0.2, -0.15) is 0 Å². The van der Waals surface area contributed by atoms with Crippen LogP contribution in [0.5, 0.6) is 0 Å². The molecular formula is C11H15NO2S. The number of aromatic nitrogens is 1. The Kier molecular flexibility index (Phi) is 3.05. The van der Waals surface area contributed by atoms with Crippen LogP contribution in [0.15, 0.2) is 5.38 Å². The number of carbonyl (C=O) groups is 1. The summed E-state index contributed by atoms with van der Waals surface area (Å²) in [6, 6.07) is 0. The predicted molar refractivity (Wildman–Crippen MR) is 59.0 cm³/mol. The quantitative estimate of drug-likeness (QED) is 0.738. The zero-order valence-corrected chi connectivity index (χ0v) is 9.84. The second-order valence-corrected chi connectivity index (χ2v) is 4.87. The second-order valence-electron chi connectivity index (χ2n) is 3.98. The van der Waals surface area contributed by atoms with Crippen molar-refractivity contribution in [3.05, 3.63) is 16.1 Å². The first kappa shape index (κ1) is 10.6. The molecule has 15 heavy (non-hydrogen) atoms. The number of rotatable bonds is 4. The van der Waals surface area contributed by atoms with E-state index < -0.39 is 0 Å². The smallest absolute Gasteiger partial charge is 0.311 e. The van der Waals surface area contributed by atoms with Gasteiger partial charge in [-0.05, 0) is 19.3 Å². The van der Waals surface area contributed by atoms with Crippen LogP contribution in [-0.2, 0) is 16.0 Å². The number of esters is 1. The number of ether oxygens (including phenoxy) is 1. The molecule has 1 aromatic heterocycles. The van der Waals surface area contributed by atoms with Crippen molar-refractivity contribution in [2.75, 3.05) is 6.61 Å². The molecule has 1 heterocycles. The number of carbonyl (C=O) groups excluding carboxylic acids is 1. The first-order valence-corrected chi connectivity index (χ1v) is 6.18. The number of hydrogen-bond acceptors (Lipinski definition) is 4. The molecule has 1 saturated carbocycles. The van der Waals surface area contributed by atoms with Gasteiger partial charge in [-0.1, -0.05) is 6.92 Å². The molecule has 2 atom stereocenters. The minimum atomic E-state index is -0.182. The molecule has 0 aromatic carbocycles. The van der Waals surface area contributed by atoms with Gasteiger partial charge in [-0.15, -0.1) is 11.3 Å². The van der Waals surface area contributed by atoms with Gasteiger partial charge in [-0.25, -0.2) is 4.98 Å². The fourth-order valence-corrected chi connectivity index (χ4v) is 2.67. The van der Waals surface area contributed by atoms with Crippen LogP contribution in [0.25, 0.3) is 0 Å². The average Bonchev–Trinajstić information content (AvgIpc) is 2.74. The molecule has 1 aliphatic carbocycles. The van der Waals surface area contributed by atoms with Crippen molar-refractivity contribution in [3.63, 3.8) is 0 Å². The summed E-state index contributed by atoms with van der Waals surface area (Å²) in [4.78, 5) is 15.7. The van der Waals surface area contributed by atoms with Crippen LogP contribution in [-0.4, -0.2) is 17.6 Å².